The van der Waals surface area contributed by atoms with E-state index in [0.717, 1.165) is 23.3 Å². The minimum atomic E-state index is -0.439. The number of nitrogens with zero attached hydrogens (tertiary/aromatic N) is 3. The van der Waals surface area contributed by atoms with E-state index >= 15 is 0 Å². The minimum Gasteiger partial charge on any atom is -0.465 e. The maximum absolute atomic E-state index is 13.4. The van der Waals surface area contributed by atoms with Crippen LogP contribution >= 0.6 is 22.9 Å². The number of hydrogen-bond donors (Lipinski definition) is 0. The predicted molar refractivity (Wildman–Crippen MR) is 121 cm³/mol. The van der Waals surface area contributed by atoms with Gasteiger partial charge in [-0.1, -0.05) is 22.9 Å². The molecule has 1 aliphatic rings. The molecule has 1 aromatic heterocycles. The first-order valence-electron chi connectivity index (χ1n) is 9.91. The number of carbonyl (C=O) groups is 2. The molecular weight excluding hydrogens is 438 g/mol. The van der Waals surface area contributed by atoms with Gasteiger partial charge in [0.2, 0.25) is 0 Å². The molecule has 0 radical (unpaired) electrons. The molecule has 0 unspecified atom stereocenters. The number of hydrogen-bond acceptors (Lipinski definition) is 7. The number of esters is 1. The molecule has 0 atom stereocenters. The molecule has 0 spiro atoms. The first kappa shape index (κ1) is 21.7. The van der Waals surface area contributed by atoms with Gasteiger partial charge in [-0.3, -0.25) is 14.6 Å². The van der Waals surface area contributed by atoms with E-state index in [1.54, 1.807) is 35.2 Å². The standard InChI is InChI=1S/C22H22ClN3O4S/c1-29-21(28)16-4-2-15(3-5-16)20(27)26(9-8-25-10-12-30-13-11-25)22-24-18-7-6-17(23)14-19(18)31-22/h2-7,14H,8-13H2,1H3. The summed E-state index contributed by atoms with van der Waals surface area (Å²) in [5.74, 6) is -0.610. The van der Waals surface area contributed by atoms with Gasteiger partial charge in [0.15, 0.2) is 5.13 Å². The van der Waals surface area contributed by atoms with Crippen LogP contribution in [0.2, 0.25) is 5.02 Å². The van der Waals surface area contributed by atoms with Gasteiger partial charge < -0.3 is 9.47 Å². The first-order valence-corrected chi connectivity index (χ1v) is 11.1. The molecule has 4 rings (SSSR count). The maximum Gasteiger partial charge on any atom is 0.337 e. The van der Waals surface area contributed by atoms with Gasteiger partial charge in [-0.25, -0.2) is 9.78 Å². The molecule has 0 N–H and O–H groups in total. The Labute approximate surface area is 189 Å². The number of methoxy groups -OCH3 is 1. The lowest BCUT2D eigenvalue weighted by molar-refractivity contribution is 0.0391. The molecule has 1 saturated heterocycles. The molecule has 0 saturated carbocycles. The van der Waals surface area contributed by atoms with Gasteiger partial charge in [-0.2, -0.15) is 0 Å². The number of benzene rings is 2. The fraction of sp³-hybridized carbons (Fsp3) is 0.318. The van der Waals surface area contributed by atoms with Crippen LogP contribution in [0.1, 0.15) is 20.7 Å². The van der Waals surface area contributed by atoms with Crippen LogP contribution < -0.4 is 4.90 Å². The van der Waals surface area contributed by atoms with Gasteiger partial charge in [0.25, 0.3) is 5.91 Å². The second-order valence-corrected chi connectivity index (χ2v) is 8.53. The number of morpholine rings is 1. The Balaban J connectivity index is 1.61. The zero-order chi connectivity index (χ0) is 21.8. The van der Waals surface area contributed by atoms with Gasteiger partial charge >= 0.3 is 5.97 Å². The Hall–Kier alpha value is -2.52. The summed E-state index contributed by atoms with van der Waals surface area (Å²) in [7, 11) is 1.33. The molecule has 162 valence electrons. The van der Waals surface area contributed by atoms with Gasteiger partial charge in [-0.05, 0) is 42.5 Å². The number of amides is 1. The number of carbonyl (C=O) groups excluding carboxylic acids is 2. The number of aromatic nitrogens is 1. The van der Waals surface area contributed by atoms with Gasteiger partial charge in [0, 0.05) is 36.8 Å². The lowest BCUT2D eigenvalue weighted by atomic mass is 10.1. The van der Waals surface area contributed by atoms with E-state index in [4.69, 9.17) is 21.1 Å². The molecule has 0 aliphatic carbocycles. The van der Waals surface area contributed by atoms with Crippen molar-refractivity contribution in [2.24, 2.45) is 0 Å². The quantitative estimate of drug-likeness (QED) is 0.523. The van der Waals surface area contributed by atoms with Crippen LogP contribution in [-0.2, 0) is 9.47 Å². The summed E-state index contributed by atoms with van der Waals surface area (Å²) >= 11 is 7.56. The fourth-order valence-electron chi connectivity index (χ4n) is 3.37. The number of thiazole rings is 1. The van der Waals surface area contributed by atoms with Crippen LogP contribution in [0, 0.1) is 0 Å². The Bertz CT molecular complexity index is 1080. The third-order valence-corrected chi connectivity index (χ3v) is 6.39. The topological polar surface area (TPSA) is 72.0 Å². The van der Waals surface area contributed by atoms with Crippen molar-refractivity contribution >= 4 is 50.2 Å². The lowest BCUT2D eigenvalue weighted by Crippen LogP contribution is -2.43. The van der Waals surface area contributed by atoms with Crippen molar-refractivity contribution in [3.63, 3.8) is 0 Å². The van der Waals surface area contributed by atoms with E-state index < -0.39 is 5.97 Å². The molecule has 9 heteroatoms. The van der Waals surface area contributed by atoms with Crippen molar-refractivity contribution in [1.29, 1.82) is 0 Å². The first-order chi connectivity index (χ1) is 15.0. The summed E-state index contributed by atoms with van der Waals surface area (Å²) in [5.41, 5.74) is 1.68. The van der Waals surface area contributed by atoms with Gasteiger partial charge in [0.05, 0.1) is 36.1 Å². The maximum atomic E-state index is 13.4. The minimum absolute atomic E-state index is 0.171. The van der Waals surface area contributed by atoms with Crippen molar-refractivity contribution in [3.8, 4) is 0 Å². The molecule has 1 amide bonds. The highest BCUT2D eigenvalue weighted by atomic mass is 35.5. The van der Waals surface area contributed by atoms with Crippen molar-refractivity contribution in [1.82, 2.24) is 9.88 Å². The highest BCUT2D eigenvalue weighted by Gasteiger charge is 2.23. The van der Waals surface area contributed by atoms with Crippen LogP contribution in [0.15, 0.2) is 42.5 Å². The number of ether oxygens (including phenoxy) is 2. The third-order valence-electron chi connectivity index (χ3n) is 5.11. The lowest BCUT2D eigenvalue weighted by Gasteiger charge is -2.29. The van der Waals surface area contributed by atoms with Crippen molar-refractivity contribution in [3.05, 3.63) is 58.6 Å². The third kappa shape index (κ3) is 5.04. The average molecular weight is 460 g/mol. The van der Waals surface area contributed by atoms with E-state index in [9.17, 15) is 9.59 Å². The Morgan fingerprint density at radius 2 is 1.87 bits per heavy atom. The zero-order valence-electron chi connectivity index (χ0n) is 17.0. The van der Waals surface area contributed by atoms with E-state index in [-0.39, 0.29) is 5.91 Å². The van der Waals surface area contributed by atoms with Gasteiger partial charge in [0.1, 0.15) is 0 Å². The van der Waals surface area contributed by atoms with Crippen LogP contribution in [0.25, 0.3) is 10.2 Å². The van der Waals surface area contributed by atoms with E-state index in [1.165, 1.54) is 18.4 Å². The Morgan fingerprint density at radius 3 is 2.58 bits per heavy atom. The summed E-state index contributed by atoms with van der Waals surface area (Å²) < 4.78 is 11.1. The second-order valence-electron chi connectivity index (χ2n) is 7.09. The fourth-order valence-corrected chi connectivity index (χ4v) is 4.64. The monoisotopic (exact) mass is 459 g/mol. The highest BCUT2D eigenvalue weighted by Crippen LogP contribution is 2.31. The summed E-state index contributed by atoms with van der Waals surface area (Å²) in [4.78, 5) is 33.8. The SMILES string of the molecule is COC(=O)c1ccc(C(=O)N(CCN2CCOCC2)c2nc3ccc(Cl)cc3s2)cc1. The summed E-state index contributed by atoms with van der Waals surface area (Å²) in [6.45, 7) is 4.28. The molecule has 2 heterocycles. The molecular formula is C22H22ClN3O4S. The van der Waals surface area contributed by atoms with E-state index in [2.05, 4.69) is 9.88 Å². The van der Waals surface area contributed by atoms with E-state index in [0.29, 0.717) is 47.6 Å². The number of fused-ring (bicyclic) bond motifs is 1. The predicted octanol–water partition coefficient (Wildman–Crippen LogP) is 3.72. The summed E-state index contributed by atoms with van der Waals surface area (Å²) in [5, 5.41) is 1.25. The van der Waals surface area contributed by atoms with Gasteiger partial charge in [-0.15, -0.1) is 0 Å². The number of halogens is 1. The molecule has 0 bridgehead atoms. The zero-order valence-corrected chi connectivity index (χ0v) is 18.6. The Morgan fingerprint density at radius 1 is 1.16 bits per heavy atom. The molecule has 1 fully saturated rings. The molecule has 1 aliphatic heterocycles. The number of rotatable bonds is 6. The van der Waals surface area contributed by atoms with E-state index in [1.807, 2.05) is 12.1 Å². The highest BCUT2D eigenvalue weighted by molar-refractivity contribution is 7.22. The normalized spacial score (nSPS) is 14.5. The molecule has 7 nitrogen and oxygen atoms in total. The summed E-state index contributed by atoms with van der Waals surface area (Å²) in [6, 6.07) is 12.0. The smallest absolute Gasteiger partial charge is 0.337 e. The van der Waals surface area contributed by atoms with Crippen LogP contribution in [0.3, 0.4) is 0 Å². The van der Waals surface area contributed by atoms with Crippen LogP contribution in [0.5, 0.6) is 0 Å². The summed E-state index contributed by atoms with van der Waals surface area (Å²) in [6.07, 6.45) is 0. The van der Waals surface area contributed by atoms with Crippen LogP contribution in [0.4, 0.5) is 5.13 Å². The van der Waals surface area contributed by atoms with Crippen molar-refractivity contribution in [2.75, 3.05) is 51.4 Å². The molecule has 31 heavy (non-hydrogen) atoms. The number of anilines is 1. The largest absolute Gasteiger partial charge is 0.465 e. The molecule has 3 aromatic rings. The molecule has 2 aromatic carbocycles. The van der Waals surface area contributed by atoms with Crippen LogP contribution in [-0.4, -0.2) is 68.3 Å². The van der Waals surface area contributed by atoms with Crippen molar-refractivity contribution in [2.45, 2.75) is 0 Å². The Kier molecular flexibility index (Phi) is 6.82. The average Bonchev–Trinajstić information content (AvgIpc) is 3.22. The van der Waals surface area contributed by atoms with Crippen molar-refractivity contribution < 1.29 is 19.1 Å². The second kappa shape index (κ2) is 9.74.